The predicted octanol–water partition coefficient (Wildman–Crippen LogP) is 3.43. The van der Waals surface area contributed by atoms with E-state index in [1.54, 1.807) is 29.4 Å². The molecule has 0 bridgehead atoms. The molecule has 0 saturated carbocycles. The quantitative estimate of drug-likeness (QED) is 0.667. The first-order chi connectivity index (χ1) is 7.79. The van der Waals surface area contributed by atoms with Crippen molar-refractivity contribution < 1.29 is 0 Å². The second-order valence-electron chi connectivity index (χ2n) is 3.37. The van der Waals surface area contributed by atoms with Crippen LogP contribution >= 0.6 is 23.1 Å². The number of hydrogen-bond acceptors (Lipinski definition) is 5. The largest absolute Gasteiger partial charge is 0.363 e. The van der Waals surface area contributed by atoms with Crippen molar-refractivity contribution in [3.05, 3.63) is 34.8 Å². The number of thioether (sulfide) groups is 1. The maximum atomic E-state index is 4.21. The van der Waals surface area contributed by atoms with E-state index in [-0.39, 0.29) is 6.04 Å². The Balaban J connectivity index is 2.08. The van der Waals surface area contributed by atoms with E-state index in [0.29, 0.717) is 0 Å². The van der Waals surface area contributed by atoms with E-state index in [9.17, 15) is 0 Å². The van der Waals surface area contributed by atoms with E-state index >= 15 is 0 Å². The molecule has 0 aliphatic rings. The third-order valence-electron chi connectivity index (χ3n) is 2.26. The molecule has 84 valence electrons. The molecule has 2 rings (SSSR count). The summed E-state index contributed by atoms with van der Waals surface area (Å²) in [6, 6.07) is 4.36. The molecular formula is C11H13N3S2. The molecular weight excluding hydrogens is 238 g/mol. The van der Waals surface area contributed by atoms with Crippen molar-refractivity contribution in [3.63, 3.8) is 0 Å². The van der Waals surface area contributed by atoms with Gasteiger partial charge in [-0.25, -0.2) is 9.97 Å². The van der Waals surface area contributed by atoms with E-state index < -0.39 is 0 Å². The summed E-state index contributed by atoms with van der Waals surface area (Å²) >= 11 is 3.33. The van der Waals surface area contributed by atoms with E-state index in [4.69, 9.17) is 0 Å². The van der Waals surface area contributed by atoms with E-state index in [1.165, 1.54) is 5.56 Å². The van der Waals surface area contributed by atoms with Crippen LogP contribution in [0.1, 0.15) is 18.5 Å². The lowest BCUT2D eigenvalue weighted by Gasteiger charge is -2.13. The summed E-state index contributed by atoms with van der Waals surface area (Å²) in [5.74, 6) is 0.873. The number of rotatable bonds is 4. The average molecular weight is 251 g/mol. The van der Waals surface area contributed by atoms with Crippen molar-refractivity contribution in [3.8, 4) is 0 Å². The highest BCUT2D eigenvalue weighted by Gasteiger charge is 2.06. The molecule has 0 amide bonds. The molecule has 0 saturated heterocycles. The van der Waals surface area contributed by atoms with Gasteiger partial charge in [0.25, 0.3) is 0 Å². The summed E-state index contributed by atoms with van der Waals surface area (Å²) in [7, 11) is 0. The second-order valence-corrected chi connectivity index (χ2v) is 4.97. The molecule has 5 heteroatoms. The maximum Gasteiger partial charge on any atom is 0.130 e. The summed E-state index contributed by atoms with van der Waals surface area (Å²) in [6.45, 7) is 2.13. The van der Waals surface area contributed by atoms with Crippen molar-refractivity contribution in [1.29, 1.82) is 0 Å². The lowest BCUT2D eigenvalue weighted by atomic mass is 10.2. The summed E-state index contributed by atoms with van der Waals surface area (Å²) in [4.78, 5) is 8.35. The summed E-state index contributed by atoms with van der Waals surface area (Å²) in [5, 5.41) is 8.57. The predicted molar refractivity (Wildman–Crippen MR) is 70.2 cm³/mol. The molecule has 0 spiro atoms. The normalized spacial score (nSPS) is 12.4. The topological polar surface area (TPSA) is 37.8 Å². The van der Waals surface area contributed by atoms with Crippen LogP contribution in [0.25, 0.3) is 0 Å². The molecule has 1 atom stereocenters. The third kappa shape index (κ3) is 2.74. The lowest BCUT2D eigenvalue weighted by Crippen LogP contribution is -2.07. The first-order valence-electron chi connectivity index (χ1n) is 4.94. The standard InChI is InChI=1S/C11H13N3S2/c1-8(9-3-4-16-6-9)14-10-5-11(15-2)13-7-12-10/h3-8H,1-2H3,(H,12,13,14). The van der Waals surface area contributed by atoms with E-state index in [2.05, 4.69) is 39.0 Å². The zero-order valence-corrected chi connectivity index (χ0v) is 10.8. The molecule has 1 unspecified atom stereocenters. The molecule has 0 aliphatic carbocycles. The fraction of sp³-hybridized carbons (Fsp3) is 0.273. The first kappa shape index (κ1) is 11.4. The Morgan fingerprint density at radius 2 is 2.31 bits per heavy atom. The maximum absolute atomic E-state index is 4.21. The molecule has 16 heavy (non-hydrogen) atoms. The molecule has 0 radical (unpaired) electrons. The van der Waals surface area contributed by atoms with Crippen molar-refractivity contribution >= 4 is 28.9 Å². The highest BCUT2D eigenvalue weighted by atomic mass is 32.2. The number of aromatic nitrogens is 2. The minimum absolute atomic E-state index is 0.274. The van der Waals surface area contributed by atoms with Crippen molar-refractivity contribution in [2.24, 2.45) is 0 Å². The SMILES string of the molecule is CSc1cc(NC(C)c2ccsc2)ncn1. The molecule has 0 aromatic carbocycles. The monoisotopic (exact) mass is 251 g/mol. The number of anilines is 1. The van der Waals surface area contributed by atoms with Crippen molar-refractivity contribution in [1.82, 2.24) is 9.97 Å². The second kappa shape index (κ2) is 5.32. The minimum Gasteiger partial charge on any atom is -0.363 e. The van der Waals surface area contributed by atoms with E-state index in [0.717, 1.165) is 10.8 Å². The Labute approximate surface area is 103 Å². The van der Waals surface area contributed by atoms with Gasteiger partial charge >= 0.3 is 0 Å². The fourth-order valence-electron chi connectivity index (χ4n) is 1.36. The third-order valence-corrected chi connectivity index (χ3v) is 3.60. The Kier molecular flexibility index (Phi) is 3.79. The van der Waals surface area contributed by atoms with Crippen LogP contribution in [0.5, 0.6) is 0 Å². The van der Waals surface area contributed by atoms with Gasteiger partial charge in [-0.3, -0.25) is 0 Å². The zero-order chi connectivity index (χ0) is 11.4. The van der Waals surface area contributed by atoms with Gasteiger partial charge in [-0.15, -0.1) is 11.8 Å². The van der Waals surface area contributed by atoms with Gasteiger partial charge in [0, 0.05) is 6.07 Å². The summed E-state index contributed by atoms with van der Waals surface area (Å²) in [6.07, 6.45) is 3.60. The van der Waals surface area contributed by atoms with Gasteiger partial charge in [0.15, 0.2) is 0 Å². The number of hydrogen-bond donors (Lipinski definition) is 1. The van der Waals surface area contributed by atoms with Gasteiger partial charge in [-0.1, -0.05) is 0 Å². The molecule has 2 aromatic rings. The molecule has 3 nitrogen and oxygen atoms in total. The van der Waals surface area contributed by atoms with Crippen LogP contribution in [-0.2, 0) is 0 Å². The molecule has 1 N–H and O–H groups in total. The van der Waals surface area contributed by atoms with Crippen LogP contribution in [-0.4, -0.2) is 16.2 Å². The van der Waals surface area contributed by atoms with Crippen molar-refractivity contribution in [2.45, 2.75) is 18.0 Å². The van der Waals surface area contributed by atoms with Gasteiger partial charge in [-0.05, 0) is 35.6 Å². The van der Waals surface area contributed by atoms with Crippen LogP contribution in [0.4, 0.5) is 5.82 Å². The Bertz CT molecular complexity index is 442. The van der Waals surface area contributed by atoms with Crippen LogP contribution in [0.2, 0.25) is 0 Å². The Morgan fingerprint density at radius 1 is 1.44 bits per heavy atom. The highest BCUT2D eigenvalue weighted by Crippen LogP contribution is 2.21. The van der Waals surface area contributed by atoms with Gasteiger partial charge in [-0.2, -0.15) is 11.3 Å². The van der Waals surface area contributed by atoms with Crippen molar-refractivity contribution in [2.75, 3.05) is 11.6 Å². The molecule has 0 fully saturated rings. The summed E-state index contributed by atoms with van der Waals surface area (Å²) in [5.41, 5.74) is 1.29. The number of thiophene rings is 1. The smallest absolute Gasteiger partial charge is 0.130 e. The highest BCUT2D eigenvalue weighted by molar-refractivity contribution is 7.98. The Hall–Kier alpha value is -1.07. The Morgan fingerprint density at radius 3 is 3.00 bits per heavy atom. The van der Waals surface area contributed by atoms with Gasteiger partial charge in [0.1, 0.15) is 17.2 Å². The summed E-state index contributed by atoms with van der Waals surface area (Å²) < 4.78 is 0. The van der Waals surface area contributed by atoms with E-state index in [1.807, 2.05) is 12.3 Å². The number of nitrogens with one attached hydrogen (secondary N) is 1. The zero-order valence-electron chi connectivity index (χ0n) is 9.18. The van der Waals surface area contributed by atoms with Crippen LogP contribution in [0, 0.1) is 0 Å². The van der Waals surface area contributed by atoms with Gasteiger partial charge < -0.3 is 5.32 Å². The molecule has 2 aromatic heterocycles. The molecule has 2 heterocycles. The van der Waals surface area contributed by atoms with Gasteiger partial charge in [0.05, 0.1) is 6.04 Å². The lowest BCUT2D eigenvalue weighted by molar-refractivity contribution is 0.871. The average Bonchev–Trinajstić information content (AvgIpc) is 2.83. The van der Waals surface area contributed by atoms with Crippen LogP contribution in [0.15, 0.2) is 34.2 Å². The van der Waals surface area contributed by atoms with Gasteiger partial charge in [0.2, 0.25) is 0 Å². The minimum atomic E-state index is 0.274. The number of nitrogens with zero attached hydrogens (tertiary/aromatic N) is 2. The van der Waals surface area contributed by atoms with Crippen LogP contribution in [0.3, 0.4) is 0 Å². The molecule has 0 aliphatic heterocycles. The van der Waals surface area contributed by atoms with Crippen LogP contribution < -0.4 is 5.32 Å². The first-order valence-corrected chi connectivity index (χ1v) is 7.11. The fourth-order valence-corrected chi connectivity index (χ4v) is 2.49.